The van der Waals surface area contributed by atoms with Crippen molar-refractivity contribution in [3.8, 4) is 0 Å². The average molecular weight is 306 g/mol. The van der Waals surface area contributed by atoms with Crippen LogP contribution in [0.5, 0.6) is 0 Å². The number of amidine groups is 1. The van der Waals surface area contributed by atoms with Gasteiger partial charge < -0.3 is 10.6 Å². The van der Waals surface area contributed by atoms with E-state index in [1.165, 1.54) is 0 Å². The van der Waals surface area contributed by atoms with Crippen LogP contribution >= 0.6 is 11.6 Å². The number of benzene rings is 1. The predicted molar refractivity (Wildman–Crippen MR) is 73.5 cm³/mol. The molecule has 1 fully saturated rings. The number of hydrogen-bond acceptors (Lipinski definition) is 2. The van der Waals surface area contributed by atoms with Gasteiger partial charge in [0.25, 0.3) is 0 Å². The highest BCUT2D eigenvalue weighted by molar-refractivity contribution is 6.34. The molecule has 0 spiro atoms. The van der Waals surface area contributed by atoms with Gasteiger partial charge in [-0.1, -0.05) is 11.6 Å². The molecule has 0 aliphatic carbocycles. The molecular formula is C13H15ClF3N3. The lowest BCUT2D eigenvalue weighted by Crippen LogP contribution is -2.39. The van der Waals surface area contributed by atoms with Crippen LogP contribution in [0.3, 0.4) is 0 Å². The summed E-state index contributed by atoms with van der Waals surface area (Å²) in [7, 11) is 0. The summed E-state index contributed by atoms with van der Waals surface area (Å²) in [6.45, 7) is 0.694. The molecule has 0 unspecified atom stereocenters. The molecule has 0 bridgehead atoms. The maximum atomic E-state index is 12.6. The lowest BCUT2D eigenvalue weighted by atomic mass is 9.96. The molecule has 20 heavy (non-hydrogen) atoms. The van der Waals surface area contributed by atoms with Crippen molar-refractivity contribution in [1.29, 1.82) is 5.41 Å². The first-order valence-electron chi connectivity index (χ1n) is 6.24. The Hall–Kier alpha value is -1.43. The van der Waals surface area contributed by atoms with Gasteiger partial charge in [-0.25, -0.2) is 0 Å². The van der Waals surface area contributed by atoms with Crippen LogP contribution in [-0.2, 0) is 0 Å². The second-order valence-corrected chi connectivity index (χ2v) is 5.29. The SMILES string of the molecule is N=C(N)c1ccc(N2CCC(C(F)(F)F)CC2)cc1Cl. The minimum absolute atomic E-state index is 0.0928. The van der Waals surface area contributed by atoms with Gasteiger partial charge in [-0.2, -0.15) is 13.2 Å². The van der Waals surface area contributed by atoms with Gasteiger partial charge in [0.05, 0.1) is 10.9 Å². The van der Waals surface area contributed by atoms with Gasteiger partial charge in [0, 0.05) is 24.3 Å². The van der Waals surface area contributed by atoms with Gasteiger partial charge in [0.2, 0.25) is 0 Å². The maximum absolute atomic E-state index is 12.6. The fraction of sp³-hybridized carbons (Fsp3) is 0.462. The fourth-order valence-corrected chi connectivity index (χ4v) is 2.66. The monoisotopic (exact) mass is 305 g/mol. The molecule has 1 aromatic carbocycles. The van der Waals surface area contributed by atoms with Crippen LogP contribution < -0.4 is 10.6 Å². The zero-order valence-electron chi connectivity index (χ0n) is 10.7. The predicted octanol–water partition coefficient (Wildman–Crippen LogP) is 3.40. The molecule has 1 aliphatic rings. The summed E-state index contributed by atoms with van der Waals surface area (Å²) >= 11 is 6.02. The van der Waals surface area contributed by atoms with E-state index in [1.54, 1.807) is 18.2 Å². The number of nitrogen functional groups attached to an aromatic ring is 1. The summed E-state index contributed by atoms with van der Waals surface area (Å²) in [4.78, 5) is 1.87. The maximum Gasteiger partial charge on any atom is 0.391 e. The quantitative estimate of drug-likeness (QED) is 0.650. The van der Waals surface area contributed by atoms with Crippen molar-refractivity contribution < 1.29 is 13.2 Å². The molecule has 2 rings (SSSR count). The molecule has 0 atom stereocenters. The Morgan fingerprint density at radius 2 is 1.90 bits per heavy atom. The van der Waals surface area contributed by atoms with Crippen molar-refractivity contribution >= 4 is 23.1 Å². The van der Waals surface area contributed by atoms with E-state index in [0.29, 0.717) is 23.7 Å². The van der Waals surface area contributed by atoms with Crippen LogP contribution in [0.25, 0.3) is 0 Å². The van der Waals surface area contributed by atoms with E-state index in [1.807, 2.05) is 4.90 Å². The van der Waals surface area contributed by atoms with Crippen LogP contribution in [0.1, 0.15) is 18.4 Å². The molecule has 1 heterocycles. The third-order valence-electron chi connectivity index (χ3n) is 3.57. The van der Waals surface area contributed by atoms with E-state index in [-0.39, 0.29) is 18.7 Å². The lowest BCUT2D eigenvalue weighted by Gasteiger charge is -2.34. The van der Waals surface area contributed by atoms with Crippen molar-refractivity contribution in [3.63, 3.8) is 0 Å². The van der Waals surface area contributed by atoms with Crippen LogP contribution in [-0.4, -0.2) is 25.1 Å². The van der Waals surface area contributed by atoms with Crippen molar-refractivity contribution in [2.24, 2.45) is 11.7 Å². The summed E-state index contributed by atoms with van der Waals surface area (Å²) in [5.41, 5.74) is 6.56. The third kappa shape index (κ3) is 3.17. The summed E-state index contributed by atoms with van der Waals surface area (Å²) in [6, 6.07) is 5.00. The first kappa shape index (κ1) is 15.0. The highest BCUT2D eigenvalue weighted by atomic mass is 35.5. The molecule has 0 saturated carbocycles. The van der Waals surface area contributed by atoms with Gasteiger partial charge in [-0.15, -0.1) is 0 Å². The Labute approximate surface area is 120 Å². The summed E-state index contributed by atoms with van der Waals surface area (Å²) in [5, 5.41) is 7.68. The van der Waals surface area contributed by atoms with Crippen LogP contribution in [0.4, 0.5) is 18.9 Å². The Morgan fingerprint density at radius 3 is 2.35 bits per heavy atom. The zero-order chi connectivity index (χ0) is 14.9. The lowest BCUT2D eigenvalue weighted by molar-refractivity contribution is -0.179. The van der Waals surface area contributed by atoms with E-state index in [4.69, 9.17) is 22.7 Å². The number of anilines is 1. The topological polar surface area (TPSA) is 53.1 Å². The molecule has 0 radical (unpaired) electrons. The summed E-state index contributed by atoms with van der Waals surface area (Å²) < 4.78 is 37.8. The van der Waals surface area contributed by atoms with Gasteiger partial charge >= 0.3 is 6.18 Å². The second-order valence-electron chi connectivity index (χ2n) is 4.88. The summed E-state index contributed by atoms with van der Waals surface area (Å²) in [5.74, 6) is -1.34. The molecule has 0 amide bonds. The number of nitrogens with one attached hydrogen (secondary N) is 1. The fourth-order valence-electron chi connectivity index (χ4n) is 2.38. The van der Waals surface area contributed by atoms with Gasteiger partial charge in [0.15, 0.2) is 0 Å². The number of rotatable bonds is 2. The minimum atomic E-state index is -4.11. The average Bonchev–Trinajstić information content (AvgIpc) is 2.37. The molecule has 3 N–H and O–H groups in total. The summed E-state index contributed by atoms with van der Waals surface area (Å²) in [6.07, 6.45) is -3.92. The van der Waals surface area contributed by atoms with Crippen LogP contribution in [0.15, 0.2) is 18.2 Å². The minimum Gasteiger partial charge on any atom is -0.384 e. The number of halogens is 4. The molecular weight excluding hydrogens is 291 g/mol. The standard InChI is InChI=1S/C13H15ClF3N3/c14-11-7-9(1-2-10(11)12(18)19)20-5-3-8(4-6-20)13(15,16)17/h1-2,7-8H,3-6H2,(H3,18,19). The first-order valence-corrected chi connectivity index (χ1v) is 6.62. The Morgan fingerprint density at radius 1 is 1.30 bits per heavy atom. The van der Waals surface area contributed by atoms with Crippen molar-refractivity contribution in [2.75, 3.05) is 18.0 Å². The van der Waals surface area contributed by atoms with E-state index < -0.39 is 12.1 Å². The molecule has 1 aliphatic heterocycles. The Balaban J connectivity index is 2.08. The number of nitrogens with two attached hydrogens (primary N) is 1. The third-order valence-corrected chi connectivity index (χ3v) is 3.88. The van der Waals surface area contributed by atoms with Gasteiger partial charge in [-0.05, 0) is 31.0 Å². The Kier molecular flexibility index (Phi) is 4.13. The largest absolute Gasteiger partial charge is 0.391 e. The molecule has 7 heteroatoms. The van der Waals surface area contributed by atoms with Gasteiger partial charge in [-0.3, -0.25) is 5.41 Å². The zero-order valence-corrected chi connectivity index (χ0v) is 11.4. The molecule has 1 saturated heterocycles. The smallest absolute Gasteiger partial charge is 0.384 e. The van der Waals surface area contributed by atoms with E-state index in [0.717, 1.165) is 5.69 Å². The number of nitrogens with zero attached hydrogens (tertiary/aromatic N) is 1. The van der Waals surface area contributed by atoms with E-state index in [2.05, 4.69) is 0 Å². The number of alkyl halides is 3. The normalized spacial score (nSPS) is 17.3. The highest BCUT2D eigenvalue weighted by Gasteiger charge is 2.41. The van der Waals surface area contributed by atoms with Crippen LogP contribution in [0.2, 0.25) is 5.02 Å². The van der Waals surface area contributed by atoms with Gasteiger partial charge in [0.1, 0.15) is 5.84 Å². The van der Waals surface area contributed by atoms with E-state index >= 15 is 0 Å². The highest BCUT2D eigenvalue weighted by Crippen LogP contribution is 2.35. The Bertz CT molecular complexity index is 508. The first-order chi connectivity index (χ1) is 9.29. The molecule has 110 valence electrons. The molecule has 3 nitrogen and oxygen atoms in total. The number of hydrogen-bond donors (Lipinski definition) is 2. The van der Waals surface area contributed by atoms with Crippen molar-refractivity contribution in [1.82, 2.24) is 0 Å². The van der Waals surface area contributed by atoms with E-state index in [9.17, 15) is 13.2 Å². The number of piperidine rings is 1. The van der Waals surface area contributed by atoms with Crippen molar-refractivity contribution in [3.05, 3.63) is 28.8 Å². The molecule has 1 aromatic rings. The van der Waals surface area contributed by atoms with Crippen molar-refractivity contribution in [2.45, 2.75) is 19.0 Å². The molecule has 0 aromatic heterocycles. The van der Waals surface area contributed by atoms with Crippen LogP contribution in [0, 0.1) is 11.3 Å². The second kappa shape index (κ2) is 5.52.